The molecule has 3 rings (SSSR count). The Balaban J connectivity index is 1.71. The second-order valence-corrected chi connectivity index (χ2v) is 4.39. The first-order chi connectivity index (χ1) is 8.74. The van der Waals surface area contributed by atoms with E-state index in [2.05, 4.69) is 15.7 Å². The standard InChI is InChI=1S/C13H14N4O/c1-17-12(6-7-14-17)16-13(18)11-8-9-4-2-3-5-10(9)15-11/h2-7,11,15H,8H2,1H3,(H,16,18)/t11-/m0/s1. The molecule has 5 heteroatoms. The molecule has 2 aromatic rings. The fraction of sp³-hybridized carbons (Fsp3) is 0.231. The van der Waals surface area contributed by atoms with Gasteiger partial charge in [-0.15, -0.1) is 0 Å². The number of nitrogens with one attached hydrogen (secondary N) is 2. The molecule has 0 bridgehead atoms. The summed E-state index contributed by atoms with van der Waals surface area (Å²) >= 11 is 0. The molecule has 0 aliphatic carbocycles. The van der Waals surface area contributed by atoms with Crippen LogP contribution in [0.5, 0.6) is 0 Å². The van der Waals surface area contributed by atoms with E-state index in [9.17, 15) is 4.79 Å². The highest BCUT2D eigenvalue weighted by Crippen LogP contribution is 2.25. The first-order valence-corrected chi connectivity index (χ1v) is 5.87. The van der Waals surface area contributed by atoms with Crippen molar-refractivity contribution in [1.82, 2.24) is 9.78 Å². The highest BCUT2D eigenvalue weighted by atomic mass is 16.2. The van der Waals surface area contributed by atoms with Gasteiger partial charge in [0.1, 0.15) is 11.9 Å². The molecule has 2 N–H and O–H groups in total. The van der Waals surface area contributed by atoms with Crippen LogP contribution in [0.15, 0.2) is 36.5 Å². The number of anilines is 2. The summed E-state index contributed by atoms with van der Waals surface area (Å²) in [7, 11) is 1.80. The first kappa shape index (κ1) is 10.8. The third kappa shape index (κ3) is 1.84. The van der Waals surface area contributed by atoms with Gasteiger partial charge in [-0.05, 0) is 11.6 Å². The van der Waals surface area contributed by atoms with Gasteiger partial charge in [-0.1, -0.05) is 18.2 Å². The number of hydrogen-bond donors (Lipinski definition) is 2. The third-order valence-electron chi connectivity index (χ3n) is 3.16. The van der Waals surface area contributed by atoms with E-state index in [1.165, 1.54) is 5.56 Å². The lowest BCUT2D eigenvalue weighted by Crippen LogP contribution is -2.33. The maximum Gasteiger partial charge on any atom is 0.248 e. The average Bonchev–Trinajstić information content (AvgIpc) is 2.96. The van der Waals surface area contributed by atoms with Gasteiger partial charge in [0.15, 0.2) is 0 Å². The summed E-state index contributed by atoms with van der Waals surface area (Å²) in [5, 5.41) is 10.1. The van der Waals surface area contributed by atoms with Crippen molar-refractivity contribution in [2.24, 2.45) is 7.05 Å². The zero-order chi connectivity index (χ0) is 12.5. The molecular formula is C13H14N4O. The largest absolute Gasteiger partial charge is 0.373 e. The Morgan fingerprint density at radius 2 is 2.28 bits per heavy atom. The second-order valence-electron chi connectivity index (χ2n) is 4.39. The number of carbonyl (C=O) groups is 1. The van der Waals surface area contributed by atoms with E-state index in [4.69, 9.17) is 0 Å². The Bertz CT molecular complexity index is 565. The van der Waals surface area contributed by atoms with Gasteiger partial charge < -0.3 is 10.6 Å². The Morgan fingerprint density at radius 1 is 1.44 bits per heavy atom. The van der Waals surface area contributed by atoms with Crippen LogP contribution in [0.3, 0.4) is 0 Å². The maximum atomic E-state index is 12.1. The van der Waals surface area contributed by atoms with Crippen molar-refractivity contribution >= 4 is 17.4 Å². The Morgan fingerprint density at radius 3 is 3.00 bits per heavy atom. The van der Waals surface area contributed by atoms with E-state index in [1.54, 1.807) is 24.0 Å². The van der Waals surface area contributed by atoms with Crippen LogP contribution in [0.25, 0.3) is 0 Å². The van der Waals surface area contributed by atoms with Crippen LogP contribution < -0.4 is 10.6 Å². The van der Waals surface area contributed by atoms with E-state index in [1.807, 2.05) is 24.3 Å². The fourth-order valence-corrected chi connectivity index (χ4v) is 2.17. The van der Waals surface area contributed by atoms with Crippen LogP contribution in [0.4, 0.5) is 11.5 Å². The molecule has 0 saturated carbocycles. The normalized spacial score (nSPS) is 17.1. The quantitative estimate of drug-likeness (QED) is 0.836. The number of rotatable bonds is 2. The summed E-state index contributed by atoms with van der Waals surface area (Å²) in [6, 6.07) is 9.55. The zero-order valence-electron chi connectivity index (χ0n) is 10.1. The lowest BCUT2D eigenvalue weighted by molar-refractivity contribution is -0.116. The number of aromatic nitrogens is 2. The number of hydrogen-bond acceptors (Lipinski definition) is 3. The number of aryl methyl sites for hydroxylation is 1. The van der Waals surface area contributed by atoms with Gasteiger partial charge in [0, 0.05) is 25.2 Å². The van der Waals surface area contributed by atoms with Crippen molar-refractivity contribution in [1.29, 1.82) is 0 Å². The monoisotopic (exact) mass is 242 g/mol. The molecule has 5 nitrogen and oxygen atoms in total. The molecule has 1 amide bonds. The minimum Gasteiger partial charge on any atom is -0.373 e. The van der Waals surface area contributed by atoms with Crippen molar-refractivity contribution in [3.8, 4) is 0 Å². The molecule has 0 unspecified atom stereocenters. The van der Waals surface area contributed by atoms with Gasteiger partial charge in [-0.3, -0.25) is 9.48 Å². The Labute approximate surface area is 105 Å². The highest BCUT2D eigenvalue weighted by molar-refractivity contribution is 5.97. The van der Waals surface area contributed by atoms with Crippen LogP contribution in [-0.2, 0) is 18.3 Å². The van der Waals surface area contributed by atoms with E-state index in [-0.39, 0.29) is 11.9 Å². The first-order valence-electron chi connectivity index (χ1n) is 5.87. The van der Waals surface area contributed by atoms with Gasteiger partial charge in [-0.25, -0.2) is 0 Å². The Kier molecular flexibility index (Phi) is 2.51. The van der Waals surface area contributed by atoms with E-state index in [0.717, 1.165) is 12.1 Å². The molecule has 2 heterocycles. The molecular weight excluding hydrogens is 228 g/mol. The molecule has 0 spiro atoms. The predicted molar refractivity (Wildman–Crippen MR) is 69.4 cm³/mol. The molecule has 92 valence electrons. The number of amides is 1. The van der Waals surface area contributed by atoms with Crippen molar-refractivity contribution in [2.45, 2.75) is 12.5 Å². The van der Waals surface area contributed by atoms with Crippen molar-refractivity contribution in [3.05, 3.63) is 42.1 Å². The topological polar surface area (TPSA) is 59.0 Å². The summed E-state index contributed by atoms with van der Waals surface area (Å²) in [5.74, 6) is 0.674. The van der Waals surface area contributed by atoms with Gasteiger partial charge in [0.05, 0.1) is 6.20 Å². The minimum absolute atomic E-state index is 0.0326. The summed E-state index contributed by atoms with van der Waals surface area (Å²) in [5.41, 5.74) is 2.23. The van der Waals surface area contributed by atoms with Crippen LogP contribution >= 0.6 is 0 Å². The summed E-state index contributed by atoms with van der Waals surface area (Å²) in [6.45, 7) is 0. The van der Waals surface area contributed by atoms with Crippen LogP contribution in [-0.4, -0.2) is 21.7 Å². The maximum absolute atomic E-state index is 12.1. The highest BCUT2D eigenvalue weighted by Gasteiger charge is 2.26. The van der Waals surface area contributed by atoms with Gasteiger partial charge in [-0.2, -0.15) is 5.10 Å². The molecule has 0 saturated heterocycles. The molecule has 1 aromatic carbocycles. The summed E-state index contributed by atoms with van der Waals surface area (Å²) in [4.78, 5) is 12.1. The molecule has 1 aliphatic rings. The zero-order valence-corrected chi connectivity index (χ0v) is 10.1. The number of nitrogens with zero attached hydrogens (tertiary/aromatic N) is 2. The van der Waals surface area contributed by atoms with E-state index < -0.39 is 0 Å². The fourth-order valence-electron chi connectivity index (χ4n) is 2.17. The SMILES string of the molecule is Cn1nccc1NC(=O)[C@@H]1Cc2ccccc2N1. The number of para-hydroxylation sites is 1. The van der Waals surface area contributed by atoms with Crippen LogP contribution in [0.1, 0.15) is 5.56 Å². The summed E-state index contributed by atoms with van der Waals surface area (Å²) in [6.07, 6.45) is 2.38. The average molecular weight is 242 g/mol. The number of fused-ring (bicyclic) bond motifs is 1. The number of benzene rings is 1. The summed E-state index contributed by atoms with van der Waals surface area (Å²) < 4.78 is 1.64. The van der Waals surface area contributed by atoms with Crippen LogP contribution in [0.2, 0.25) is 0 Å². The van der Waals surface area contributed by atoms with Crippen molar-refractivity contribution in [3.63, 3.8) is 0 Å². The molecule has 0 radical (unpaired) electrons. The molecule has 1 aromatic heterocycles. The second kappa shape index (κ2) is 4.18. The lowest BCUT2D eigenvalue weighted by atomic mass is 10.1. The third-order valence-corrected chi connectivity index (χ3v) is 3.16. The van der Waals surface area contributed by atoms with Crippen LogP contribution in [0, 0.1) is 0 Å². The minimum atomic E-state index is -0.211. The van der Waals surface area contributed by atoms with Gasteiger partial charge in [0.2, 0.25) is 5.91 Å². The molecule has 0 fully saturated rings. The molecule has 1 atom stereocenters. The van der Waals surface area contributed by atoms with Gasteiger partial charge >= 0.3 is 0 Å². The lowest BCUT2D eigenvalue weighted by Gasteiger charge is -2.11. The molecule has 18 heavy (non-hydrogen) atoms. The van der Waals surface area contributed by atoms with E-state index in [0.29, 0.717) is 5.82 Å². The van der Waals surface area contributed by atoms with E-state index >= 15 is 0 Å². The predicted octanol–water partition coefficient (Wildman–Crippen LogP) is 1.40. The van der Waals surface area contributed by atoms with Crippen molar-refractivity contribution < 1.29 is 4.79 Å². The molecule has 1 aliphatic heterocycles. The number of carbonyl (C=O) groups excluding carboxylic acids is 1. The smallest absolute Gasteiger partial charge is 0.248 e. The van der Waals surface area contributed by atoms with Crippen molar-refractivity contribution in [2.75, 3.05) is 10.6 Å². The Hall–Kier alpha value is -2.30. The van der Waals surface area contributed by atoms with Gasteiger partial charge in [0.25, 0.3) is 0 Å².